The van der Waals surface area contributed by atoms with Crippen LogP contribution in [0.3, 0.4) is 0 Å². The number of hydrogen-bond acceptors (Lipinski definition) is 1. The van der Waals surface area contributed by atoms with Crippen LogP contribution < -0.4 is 0 Å². The lowest BCUT2D eigenvalue weighted by atomic mass is 10.4. The van der Waals surface area contributed by atoms with E-state index in [4.69, 9.17) is 4.43 Å². The van der Waals surface area contributed by atoms with Gasteiger partial charge in [0, 0.05) is 13.0 Å². The molecule has 13 heavy (non-hydrogen) atoms. The molecule has 1 unspecified atom stereocenters. The SMILES string of the molecule is C[Si]1(CCC(F)(F)F)CCCCO1. The largest absolute Gasteiger partial charge is 0.417 e. The van der Waals surface area contributed by atoms with Crippen molar-refractivity contribution < 1.29 is 17.6 Å². The summed E-state index contributed by atoms with van der Waals surface area (Å²) in [5.41, 5.74) is 0. The Morgan fingerprint density at radius 3 is 2.46 bits per heavy atom. The molecule has 0 spiro atoms. The summed E-state index contributed by atoms with van der Waals surface area (Å²) in [5.74, 6) is 0. The molecule has 0 radical (unpaired) electrons. The van der Waals surface area contributed by atoms with Crippen molar-refractivity contribution in [1.29, 1.82) is 0 Å². The Balaban J connectivity index is 2.33. The first-order valence-corrected chi connectivity index (χ1v) is 7.44. The van der Waals surface area contributed by atoms with Gasteiger partial charge in [0.1, 0.15) is 0 Å². The van der Waals surface area contributed by atoms with Gasteiger partial charge < -0.3 is 4.43 Å². The second-order valence-electron chi connectivity index (χ2n) is 3.87. The van der Waals surface area contributed by atoms with E-state index in [1.54, 1.807) is 0 Å². The van der Waals surface area contributed by atoms with Crippen molar-refractivity contribution >= 4 is 8.32 Å². The molecule has 0 aliphatic carbocycles. The van der Waals surface area contributed by atoms with E-state index in [2.05, 4.69) is 0 Å². The summed E-state index contributed by atoms with van der Waals surface area (Å²) in [6, 6.07) is 1.12. The average molecular weight is 212 g/mol. The highest BCUT2D eigenvalue weighted by Crippen LogP contribution is 2.31. The number of alkyl halides is 3. The maximum absolute atomic E-state index is 11.9. The molecule has 0 bridgehead atoms. The van der Waals surface area contributed by atoms with Gasteiger partial charge in [0.15, 0.2) is 8.32 Å². The van der Waals surface area contributed by atoms with E-state index < -0.39 is 20.9 Å². The van der Waals surface area contributed by atoms with E-state index in [0.29, 0.717) is 6.61 Å². The van der Waals surface area contributed by atoms with Crippen LogP contribution in [0, 0.1) is 0 Å². The molecule has 0 N–H and O–H groups in total. The summed E-state index contributed by atoms with van der Waals surface area (Å²) in [4.78, 5) is 0. The van der Waals surface area contributed by atoms with Crippen LogP contribution >= 0.6 is 0 Å². The van der Waals surface area contributed by atoms with Gasteiger partial charge in [0.25, 0.3) is 0 Å². The van der Waals surface area contributed by atoms with Crippen LogP contribution in [0.5, 0.6) is 0 Å². The molecule has 5 heteroatoms. The summed E-state index contributed by atoms with van der Waals surface area (Å²) in [6.45, 7) is 2.58. The molecular formula is C8H15F3OSi. The third-order valence-electron chi connectivity index (χ3n) is 2.49. The topological polar surface area (TPSA) is 9.23 Å². The van der Waals surface area contributed by atoms with E-state index in [9.17, 15) is 13.2 Å². The molecule has 0 aromatic heterocycles. The number of rotatable bonds is 2. The molecule has 1 heterocycles. The molecule has 1 rings (SSSR count). The van der Waals surface area contributed by atoms with Gasteiger partial charge in [-0.2, -0.15) is 13.2 Å². The minimum Gasteiger partial charge on any atom is -0.417 e. The normalized spacial score (nSPS) is 30.5. The van der Waals surface area contributed by atoms with E-state index in [1.165, 1.54) is 0 Å². The predicted molar refractivity (Wildman–Crippen MR) is 47.1 cm³/mol. The van der Waals surface area contributed by atoms with Crippen LogP contribution in [-0.2, 0) is 4.43 Å². The Labute approximate surface area is 77.4 Å². The van der Waals surface area contributed by atoms with E-state index in [0.717, 1.165) is 18.9 Å². The predicted octanol–water partition coefficient (Wildman–Crippen LogP) is 3.32. The Kier molecular flexibility index (Phi) is 3.40. The third-order valence-corrected chi connectivity index (χ3v) is 6.11. The van der Waals surface area contributed by atoms with Crippen molar-refractivity contribution in [2.75, 3.05) is 6.61 Å². The molecule has 0 aromatic carbocycles. The molecule has 0 aromatic rings. The highest BCUT2D eigenvalue weighted by Gasteiger charge is 2.36. The van der Waals surface area contributed by atoms with Crippen LogP contribution in [0.25, 0.3) is 0 Å². The summed E-state index contributed by atoms with van der Waals surface area (Å²) in [6.07, 6.45) is -2.64. The van der Waals surface area contributed by atoms with Crippen LogP contribution in [0.4, 0.5) is 13.2 Å². The molecule has 1 fully saturated rings. The van der Waals surface area contributed by atoms with Gasteiger partial charge in [-0.3, -0.25) is 0 Å². The Hall–Kier alpha value is -0.0331. The highest BCUT2D eigenvalue weighted by atomic mass is 28.4. The smallest absolute Gasteiger partial charge is 0.388 e. The fourth-order valence-electron chi connectivity index (χ4n) is 1.60. The second kappa shape index (κ2) is 4.00. The van der Waals surface area contributed by atoms with Crippen molar-refractivity contribution in [2.45, 2.75) is 44.1 Å². The fraction of sp³-hybridized carbons (Fsp3) is 1.00. The van der Waals surface area contributed by atoms with Crippen molar-refractivity contribution in [3.63, 3.8) is 0 Å². The van der Waals surface area contributed by atoms with Gasteiger partial charge in [-0.05, 0) is 25.1 Å². The lowest BCUT2D eigenvalue weighted by Crippen LogP contribution is -2.38. The molecular weight excluding hydrogens is 197 g/mol. The molecule has 1 aliphatic rings. The Bertz CT molecular complexity index is 163. The lowest BCUT2D eigenvalue weighted by molar-refractivity contribution is -0.131. The summed E-state index contributed by atoms with van der Waals surface area (Å²) >= 11 is 0. The molecule has 1 nitrogen and oxygen atoms in total. The maximum atomic E-state index is 11.9. The Morgan fingerprint density at radius 1 is 1.31 bits per heavy atom. The van der Waals surface area contributed by atoms with Crippen molar-refractivity contribution in [3.05, 3.63) is 0 Å². The standard InChI is InChI=1S/C8H15F3OSi/c1-13(6-3-2-5-12-13)7-4-8(9,10)11/h2-7H2,1H3. The third kappa shape index (κ3) is 4.13. The molecule has 0 saturated carbocycles. The van der Waals surface area contributed by atoms with E-state index in [1.807, 2.05) is 6.55 Å². The fourth-order valence-corrected chi connectivity index (χ4v) is 4.58. The molecule has 1 atom stereocenters. The zero-order valence-electron chi connectivity index (χ0n) is 7.78. The quantitative estimate of drug-likeness (QED) is 0.638. The first-order valence-electron chi connectivity index (χ1n) is 4.62. The monoisotopic (exact) mass is 212 g/mol. The van der Waals surface area contributed by atoms with Gasteiger partial charge in [0.05, 0.1) is 0 Å². The molecule has 1 aliphatic heterocycles. The minimum absolute atomic E-state index is 0.233. The summed E-state index contributed by atoms with van der Waals surface area (Å²) < 4.78 is 41.3. The minimum atomic E-state index is -4.02. The molecule has 0 amide bonds. The van der Waals surface area contributed by atoms with Gasteiger partial charge in [-0.25, -0.2) is 0 Å². The van der Waals surface area contributed by atoms with Crippen LogP contribution in [0.2, 0.25) is 18.6 Å². The van der Waals surface area contributed by atoms with Crippen molar-refractivity contribution in [3.8, 4) is 0 Å². The van der Waals surface area contributed by atoms with E-state index >= 15 is 0 Å². The first-order chi connectivity index (χ1) is 5.91. The zero-order chi connectivity index (χ0) is 9.95. The number of hydrogen-bond donors (Lipinski definition) is 0. The average Bonchev–Trinajstić information content (AvgIpc) is 2.02. The maximum Gasteiger partial charge on any atom is 0.388 e. The number of halogens is 3. The molecule has 78 valence electrons. The van der Waals surface area contributed by atoms with Gasteiger partial charge in [-0.1, -0.05) is 6.42 Å². The van der Waals surface area contributed by atoms with Gasteiger partial charge >= 0.3 is 6.18 Å². The van der Waals surface area contributed by atoms with Crippen molar-refractivity contribution in [1.82, 2.24) is 0 Å². The Morgan fingerprint density at radius 2 is 2.00 bits per heavy atom. The van der Waals surface area contributed by atoms with Gasteiger partial charge in [-0.15, -0.1) is 0 Å². The van der Waals surface area contributed by atoms with Crippen molar-refractivity contribution in [2.24, 2.45) is 0 Å². The van der Waals surface area contributed by atoms with E-state index in [-0.39, 0.29) is 6.04 Å². The lowest BCUT2D eigenvalue weighted by Gasteiger charge is -2.31. The zero-order valence-corrected chi connectivity index (χ0v) is 8.78. The summed E-state index contributed by atoms with van der Waals surface area (Å²) in [7, 11) is -1.97. The summed E-state index contributed by atoms with van der Waals surface area (Å²) in [5, 5.41) is 0. The van der Waals surface area contributed by atoms with Crippen LogP contribution in [0.15, 0.2) is 0 Å². The second-order valence-corrected chi connectivity index (χ2v) is 8.06. The first kappa shape index (κ1) is 11.0. The van der Waals surface area contributed by atoms with Crippen LogP contribution in [0.1, 0.15) is 19.3 Å². The van der Waals surface area contributed by atoms with Gasteiger partial charge in [0.2, 0.25) is 0 Å². The van der Waals surface area contributed by atoms with Crippen LogP contribution in [-0.4, -0.2) is 21.1 Å². The highest BCUT2D eigenvalue weighted by molar-refractivity contribution is 6.72. The molecule has 1 saturated heterocycles.